The summed E-state index contributed by atoms with van der Waals surface area (Å²) in [5.41, 5.74) is 0.172. The minimum absolute atomic E-state index is 0.149. The van der Waals surface area contributed by atoms with Gasteiger partial charge in [-0.25, -0.2) is 4.39 Å². The van der Waals surface area contributed by atoms with E-state index in [0.29, 0.717) is 11.7 Å². The van der Waals surface area contributed by atoms with E-state index in [0.717, 1.165) is 10.2 Å². The Morgan fingerprint density at radius 1 is 1.50 bits per heavy atom. The third kappa shape index (κ3) is 4.26. The van der Waals surface area contributed by atoms with Crippen molar-refractivity contribution >= 4 is 33.5 Å². The Morgan fingerprint density at radius 3 is 2.81 bits per heavy atom. The fourth-order valence-corrected chi connectivity index (χ4v) is 2.47. The molecule has 0 heterocycles. The van der Waals surface area contributed by atoms with E-state index in [-0.39, 0.29) is 11.3 Å². The molecule has 1 aromatic rings. The van der Waals surface area contributed by atoms with Crippen LogP contribution in [0.2, 0.25) is 0 Å². The van der Waals surface area contributed by atoms with E-state index in [1.807, 2.05) is 0 Å². The molecule has 0 aliphatic carbocycles. The van der Waals surface area contributed by atoms with Gasteiger partial charge in [0.1, 0.15) is 5.82 Å². The van der Waals surface area contributed by atoms with Crippen LogP contribution in [0.4, 0.5) is 4.39 Å². The minimum Gasteiger partial charge on any atom is -0.293 e. The van der Waals surface area contributed by atoms with Crippen LogP contribution < -0.4 is 0 Å². The Kier molecular flexibility index (Phi) is 5.49. The Hall–Kier alpha value is -0.350. The molecule has 1 rings (SSSR count). The predicted molar refractivity (Wildman–Crippen MR) is 70.6 cm³/mol. The van der Waals surface area contributed by atoms with Crippen molar-refractivity contribution in [3.63, 3.8) is 0 Å². The zero-order valence-corrected chi connectivity index (χ0v) is 11.7. The first-order valence-corrected chi connectivity index (χ1v) is 7.01. The SMILES string of the molecule is CC(C)CSCC(=O)c1cc(Br)ccc1F. The van der Waals surface area contributed by atoms with Crippen molar-refractivity contribution < 1.29 is 9.18 Å². The lowest BCUT2D eigenvalue weighted by atomic mass is 10.1. The number of hydrogen-bond donors (Lipinski definition) is 0. The summed E-state index contributed by atoms with van der Waals surface area (Å²) in [6, 6.07) is 4.44. The number of carbonyl (C=O) groups excluding carboxylic acids is 1. The molecule has 1 nitrogen and oxygen atoms in total. The average molecular weight is 305 g/mol. The molecule has 0 aliphatic heterocycles. The van der Waals surface area contributed by atoms with Gasteiger partial charge in [0.2, 0.25) is 0 Å². The number of carbonyl (C=O) groups is 1. The maximum Gasteiger partial charge on any atom is 0.175 e. The lowest BCUT2D eigenvalue weighted by Crippen LogP contribution is -2.07. The van der Waals surface area contributed by atoms with Crippen molar-refractivity contribution in [1.82, 2.24) is 0 Å². The summed E-state index contributed by atoms with van der Waals surface area (Å²) in [7, 11) is 0. The molecule has 0 spiro atoms. The Bertz CT molecular complexity index is 379. The van der Waals surface area contributed by atoms with Gasteiger partial charge in [-0.05, 0) is 29.9 Å². The van der Waals surface area contributed by atoms with E-state index >= 15 is 0 Å². The molecule has 0 fully saturated rings. The summed E-state index contributed by atoms with van der Waals surface area (Å²) < 4.78 is 14.1. The van der Waals surface area contributed by atoms with Gasteiger partial charge in [0.05, 0.1) is 11.3 Å². The highest BCUT2D eigenvalue weighted by Crippen LogP contribution is 2.18. The monoisotopic (exact) mass is 304 g/mol. The summed E-state index contributed by atoms with van der Waals surface area (Å²) in [6.45, 7) is 4.19. The first-order chi connectivity index (χ1) is 7.50. The first-order valence-electron chi connectivity index (χ1n) is 5.06. The second-order valence-electron chi connectivity index (χ2n) is 3.96. The highest BCUT2D eigenvalue weighted by Gasteiger charge is 2.12. The first kappa shape index (κ1) is 13.7. The van der Waals surface area contributed by atoms with Gasteiger partial charge in [0.25, 0.3) is 0 Å². The van der Waals surface area contributed by atoms with Gasteiger partial charge in [-0.3, -0.25) is 4.79 Å². The summed E-state index contributed by atoms with van der Waals surface area (Å²) in [4.78, 5) is 11.7. The molecular formula is C12H14BrFOS. The molecule has 0 saturated heterocycles. The van der Waals surface area contributed by atoms with Crippen molar-refractivity contribution in [2.45, 2.75) is 13.8 Å². The van der Waals surface area contributed by atoms with Crippen molar-refractivity contribution in [3.05, 3.63) is 34.1 Å². The molecule has 0 aromatic heterocycles. The Labute approximate surface area is 108 Å². The highest BCUT2D eigenvalue weighted by molar-refractivity contribution is 9.10. The smallest absolute Gasteiger partial charge is 0.175 e. The molecule has 4 heteroatoms. The van der Waals surface area contributed by atoms with Gasteiger partial charge in [0.15, 0.2) is 5.78 Å². The molecule has 0 N–H and O–H groups in total. The zero-order valence-electron chi connectivity index (χ0n) is 9.30. The number of benzene rings is 1. The highest BCUT2D eigenvalue weighted by atomic mass is 79.9. The van der Waals surface area contributed by atoms with Crippen LogP contribution in [0.1, 0.15) is 24.2 Å². The van der Waals surface area contributed by atoms with E-state index in [1.165, 1.54) is 12.1 Å². The van der Waals surface area contributed by atoms with E-state index in [9.17, 15) is 9.18 Å². The Balaban J connectivity index is 2.62. The molecule has 0 atom stereocenters. The average Bonchev–Trinajstić information content (AvgIpc) is 2.21. The molecule has 16 heavy (non-hydrogen) atoms. The quantitative estimate of drug-likeness (QED) is 0.760. The summed E-state index contributed by atoms with van der Waals surface area (Å²) in [5, 5.41) is 0. The van der Waals surface area contributed by atoms with Crippen molar-refractivity contribution in [2.75, 3.05) is 11.5 Å². The predicted octanol–water partition coefficient (Wildman–Crippen LogP) is 4.16. The second-order valence-corrected chi connectivity index (χ2v) is 5.90. The molecule has 0 radical (unpaired) electrons. The van der Waals surface area contributed by atoms with Crippen molar-refractivity contribution in [1.29, 1.82) is 0 Å². The molecular weight excluding hydrogens is 291 g/mol. The van der Waals surface area contributed by atoms with E-state index in [2.05, 4.69) is 29.8 Å². The molecule has 0 bridgehead atoms. The Morgan fingerprint density at radius 2 is 2.19 bits per heavy atom. The van der Waals surface area contributed by atoms with E-state index in [4.69, 9.17) is 0 Å². The van der Waals surface area contributed by atoms with Gasteiger partial charge >= 0.3 is 0 Å². The largest absolute Gasteiger partial charge is 0.293 e. The topological polar surface area (TPSA) is 17.1 Å². The van der Waals surface area contributed by atoms with Crippen LogP contribution in [0.5, 0.6) is 0 Å². The summed E-state index contributed by atoms with van der Waals surface area (Å²) in [6.07, 6.45) is 0. The lowest BCUT2D eigenvalue weighted by molar-refractivity contribution is 0.101. The molecule has 0 saturated carbocycles. The van der Waals surface area contributed by atoms with Crippen LogP contribution >= 0.6 is 27.7 Å². The van der Waals surface area contributed by atoms with Gasteiger partial charge in [0, 0.05) is 4.47 Å². The standard InChI is InChI=1S/C12H14BrFOS/c1-8(2)6-16-7-12(15)10-5-9(13)3-4-11(10)14/h3-5,8H,6-7H2,1-2H3. The van der Waals surface area contributed by atoms with Crippen LogP contribution in [-0.2, 0) is 0 Å². The van der Waals surface area contributed by atoms with Gasteiger partial charge < -0.3 is 0 Å². The molecule has 88 valence electrons. The van der Waals surface area contributed by atoms with Gasteiger partial charge in [-0.15, -0.1) is 0 Å². The fourth-order valence-electron chi connectivity index (χ4n) is 1.18. The lowest BCUT2D eigenvalue weighted by Gasteiger charge is -2.05. The maximum atomic E-state index is 13.4. The normalized spacial score (nSPS) is 10.8. The zero-order chi connectivity index (χ0) is 12.1. The van der Waals surface area contributed by atoms with Crippen LogP contribution in [0.15, 0.2) is 22.7 Å². The number of rotatable bonds is 5. The number of ketones is 1. The third-order valence-electron chi connectivity index (χ3n) is 1.91. The van der Waals surface area contributed by atoms with Gasteiger partial charge in [-0.1, -0.05) is 29.8 Å². The fraction of sp³-hybridized carbons (Fsp3) is 0.417. The number of hydrogen-bond acceptors (Lipinski definition) is 2. The molecule has 1 aromatic carbocycles. The van der Waals surface area contributed by atoms with Crippen LogP contribution in [0.25, 0.3) is 0 Å². The number of halogens is 2. The van der Waals surface area contributed by atoms with E-state index < -0.39 is 5.82 Å². The van der Waals surface area contributed by atoms with Crippen molar-refractivity contribution in [3.8, 4) is 0 Å². The molecule has 0 amide bonds. The maximum absolute atomic E-state index is 13.4. The van der Waals surface area contributed by atoms with Crippen LogP contribution in [-0.4, -0.2) is 17.3 Å². The second kappa shape index (κ2) is 6.40. The number of thioether (sulfide) groups is 1. The minimum atomic E-state index is -0.446. The van der Waals surface area contributed by atoms with Gasteiger partial charge in [-0.2, -0.15) is 11.8 Å². The molecule has 0 aliphatic rings. The van der Waals surface area contributed by atoms with Crippen LogP contribution in [0.3, 0.4) is 0 Å². The van der Waals surface area contributed by atoms with E-state index in [1.54, 1.807) is 17.8 Å². The number of Topliss-reactive ketones (excluding diaryl/α,β-unsaturated/α-hetero) is 1. The summed E-state index contributed by atoms with van der Waals surface area (Å²) >= 11 is 4.78. The van der Waals surface area contributed by atoms with Crippen molar-refractivity contribution in [2.24, 2.45) is 5.92 Å². The molecule has 0 unspecified atom stereocenters. The summed E-state index contributed by atoms with van der Waals surface area (Å²) in [5.74, 6) is 1.21. The third-order valence-corrected chi connectivity index (χ3v) is 3.78. The van der Waals surface area contributed by atoms with Crippen LogP contribution in [0, 0.1) is 11.7 Å².